The van der Waals surface area contributed by atoms with Crippen molar-refractivity contribution < 1.29 is 0 Å². The highest BCUT2D eigenvalue weighted by atomic mass is 79.9. The van der Waals surface area contributed by atoms with E-state index >= 15 is 0 Å². The summed E-state index contributed by atoms with van der Waals surface area (Å²) >= 11 is 5.36. The van der Waals surface area contributed by atoms with E-state index in [1.807, 2.05) is 11.3 Å². The van der Waals surface area contributed by atoms with Crippen LogP contribution in [0.5, 0.6) is 0 Å². The zero-order valence-electron chi connectivity index (χ0n) is 9.84. The number of hydrogen-bond acceptors (Lipinski definition) is 2. The molecule has 0 aliphatic heterocycles. The lowest BCUT2D eigenvalue weighted by atomic mass is 10.0. The van der Waals surface area contributed by atoms with E-state index in [0.717, 1.165) is 18.5 Å². The Hall–Kier alpha value is 0.140. The van der Waals surface area contributed by atoms with Gasteiger partial charge in [0.2, 0.25) is 0 Å². The molecule has 0 amide bonds. The molecule has 1 aliphatic carbocycles. The van der Waals surface area contributed by atoms with Crippen molar-refractivity contribution in [2.45, 2.75) is 45.1 Å². The summed E-state index contributed by atoms with van der Waals surface area (Å²) < 4.78 is 1.25. The Balaban J connectivity index is 1.71. The molecule has 3 heteroatoms. The third-order valence-corrected chi connectivity index (χ3v) is 5.27. The molecule has 0 radical (unpaired) electrons. The van der Waals surface area contributed by atoms with Crippen molar-refractivity contribution in [2.24, 2.45) is 5.92 Å². The summed E-state index contributed by atoms with van der Waals surface area (Å²) in [4.78, 5) is 1.48. The molecule has 1 saturated carbocycles. The van der Waals surface area contributed by atoms with Gasteiger partial charge in [0.1, 0.15) is 0 Å². The van der Waals surface area contributed by atoms with Crippen LogP contribution < -0.4 is 5.32 Å². The summed E-state index contributed by atoms with van der Waals surface area (Å²) in [6.45, 7) is 3.45. The molecule has 0 saturated heterocycles. The highest BCUT2D eigenvalue weighted by Crippen LogP contribution is 2.28. The van der Waals surface area contributed by atoms with Crippen LogP contribution >= 0.6 is 27.3 Å². The molecule has 0 bridgehead atoms. The van der Waals surface area contributed by atoms with E-state index < -0.39 is 0 Å². The molecule has 2 unspecified atom stereocenters. The lowest BCUT2D eigenvalue weighted by molar-refractivity contribution is 0.393. The number of thiophene rings is 1. The van der Waals surface area contributed by atoms with E-state index in [1.54, 1.807) is 0 Å². The fourth-order valence-corrected chi connectivity index (χ4v) is 4.14. The van der Waals surface area contributed by atoms with Gasteiger partial charge >= 0.3 is 0 Å². The van der Waals surface area contributed by atoms with Crippen LogP contribution in [0.1, 0.15) is 37.5 Å². The van der Waals surface area contributed by atoms with Crippen LogP contribution in [0.25, 0.3) is 0 Å². The van der Waals surface area contributed by atoms with Gasteiger partial charge in [-0.2, -0.15) is 0 Å². The molecule has 1 aliphatic rings. The number of rotatable bonds is 5. The first-order chi connectivity index (χ1) is 7.79. The van der Waals surface area contributed by atoms with Gasteiger partial charge in [-0.15, -0.1) is 11.3 Å². The molecule has 2 rings (SSSR count). The minimum absolute atomic E-state index is 0.786. The van der Waals surface area contributed by atoms with Crippen LogP contribution in [0, 0.1) is 5.92 Å². The van der Waals surface area contributed by atoms with Gasteiger partial charge in [-0.3, -0.25) is 0 Å². The van der Waals surface area contributed by atoms with Gasteiger partial charge in [0.15, 0.2) is 0 Å². The van der Waals surface area contributed by atoms with Gasteiger partial charge < -0.3 is 5.32 Å². The molecular formula is C13H20BrNS. The SMILES string of the molecule is CCC1CCCC1NCCc1ccc(Br)s1. The van der Waals surface area contributed by atoms with Crippen LogP contribution in [-0.2, 0) is 6.42 Å². The summed E-state index contributed by atoms with van der Waals surface area (Å²) in [6, 6.07) is 5.15. The van der Waals surface area contributed by atoms with E-state index in [4.69, 9.17) is 0 Å². The van der Waals surface area contributed by atoms with Gasteiger partial charge in [-0.05, 0) is 53.2 Å². The molecule has 2 atom stereocenters. The van der Waals surface area contributed by atoms with Crippen LogP contribution in [0.3, 0.4) is 0 Å². The highest BCUT2D eigenvalue weighted by molar-refractivity contribution is 9.11. The second-order valence-electron chi connectivity index (χ2n) is 4.62. The van der Waals surface area contributed by atoms with Crippen molar-refractivity contribution in [3.8, 4) is 0 Å². The average molecular weight is 302 g/mol. The Morgan fingerprint density at radius 2 is 2.31 bits per heavy atom. The van der Waals surface area contributed by atoms with Crippen molar-refractivity contribution in [2.75, 3.05) is 6.54 Å². The van der Waals surface area contributed by atoms with Gasteiger partial charge in [-0.25, -0.2) is 0 Å². The smallest absolute Gasteiger partial charge is 0.0701 e. The Morgan fingerprint density at radius 1 is 1.44 bits per heavy atom. The summed E-state index contributed by atoms with van der Waals surface area (Å²) in [5.41, 5.74) is 0. The minimum Gasteiger partial charge on any atom is -0.313 e. The summed E-state index contributed by atoms with van der Waals surface area (Å²) in [5.74, 6) is 0.926. The molecule has 0 aromatic carbocycles. The molecule has 1 aromatic rings. The Labute approximate surface area is 111 Å². The molecule has 90 valence electrons. The third-order valence-electron chi connectivity index (χ3n) is 3.59. The summed E-state index contributed by atoms with van der Waals surface area (Å²) in [6.07, 6.45) is 6.73. The maximum Gasteiger partial charge on any atom is 0.0701 e. The molecule has 1 N–H and O–H groups in total. The number of halogens is 1. The lowest BCUT2D eigenvalue weighted by Gasteiger charge is -2.19. The summed E-state index contributed by atoms with van der Waals surface area (Å²) in [7, 11) is 0. The van der Waals surface area contributed by atoms with Crippen molar-refractivity contribution in [3.63, 3.8) is 0 Å². The van der Waals surface area contributed by atoms with Gasteiger partial charge in [0, 0.05) is 17.5 Å². The second-order valence-corrected chi connectivity index (χ2v) is 7.16. The average Bonchev–Trinajstić information content (AvgIpc) is 2.87. The second kappa shape index (κ2) is 6.18. The lowest BCUT2D eigenvalue weighted by Crippen LogP contribution is -2.33. The molecule has 1 nitrogen and oxygen atoms in total. The maximum absolute atomic E-state index is 3.73. The molecule has 16 heavy (non-hydrogen) atoms. The fourth-order valence-electron chi connectivity index (χ4n) is 2.66. The largest absolute Gasteiger partial charge is 0.313 e. The van der Waals surface area contributed by atoms with E-state index in [9.17, 15) is 0 Å². The zero-order chi connectivity index (χ0) is 11.4. The summed E-state index contributed by atoms with van der Waals surface area (Å²) in [5, 5.41) is 3.73. The van der Waals surface area contributed by atoms with Gasteiger partial charge in [-0.1, -0.05) is 19.8 Å². The van der Waals surface area contributed by atoms with Crippen molar-refractivity contribution >= 4 is 27.3 Å². The molecule has 1 fully saturated rings. The highest BCUT2D eigenvalue weighted by Gasteiger charge is 2.24. The molecule has 1 aromatic heterocycles. The van der Waals surface area contributed by atoms with E-state index in [2.05, 4.69) is 40.3 Å². The fraction of sp³-hybridized carbons (Fsp3) is 0.692. The molecule has 0 spiro atoms. The first kappa shape index (κ1) is 12.6. The molecule has 1 heterocycles. The Bertz CT molecular complexity index is 323. The monoisotopic (exact) mass is 301 g/mol. The topological polar surface area (TPSA) is 12.0 Å². The standard InChI is InChI=1S/C13H20BrNS/c1-2-10-4-3-5-12(10)15-9-8-11-6-7-13(14)16-11/h6-7,10,12,15H,2-5,8-9H2,1H3. The van der Waals surface area contributed by atoms with Crippen LogP contribution in [0.2, 0.25) is 0 Å². The van der Waals surface area contributed by atoms with Gasteiger partial charge in [0.25, 0.3) is 0 Å². The van der Waals surface area contributed by atoms with Crippen molar-refractivity contribution in [3.05, 3.63) is 20.8 Å². The minimum atomic E-state index is 0.786. The normalized spacial score (nSPS) is 25.1. The zero-order valence-corrected chi connectivity index (χ0v) is 12.2. The predicted molar refractivity (Wildman–Crippen MR) is 75.1 cm³/mol. The van der Waals surface area contributed by atoms with E-state index in [-0.39, 0.29) is 0 Å². The molecular weight excluding hydrogens is 282 g/mol. The Kier molecular flexibility index (Phi) is 4.86. The first-order valence-corrected chi connectivity index (χ1v) is 7.88. The van der Waals surface area contributed by atoms with E-state index in [1.165, 1.54) is 40.8 Å². The number of nitrogens with one attached hydrogen (secondary N) is 1. The maximum atomic E-state index is 3.73. The Morgan fingerprint density at radius 3 is 3.00 bits per heavy atom. The van der Waals surface area contributed by atoms with Gasteiger partial charge in [0.05, 0.1) is 3.79 Å². The van der Waals surface area contributed by atoms with E-state index in [0.29, 0.717) is 0 Å². The quantitative estimate of drug-likeness (QED) is 0.858. The first-order valence-electron chi connectivity index (χ1n) is 6.27. The van der Waals surface area contributed by atoms with Crippen LogP contribution in [0.15, 0.2) is 15.9 Å². The predicted octanol–water partition coefficient (Wildman–Crippen LogP) is 4.22. The van der Waals surface area contributed by atoms with Crippen LogP contribution in [0.4, 0.5) is 0 Å². The van der Waals surface area contributed by atoms with Crippen LogP contribution in [-0.4, -0.2) is 12.6 Å². The number of hydrogen-bond donors (Lipinski definition) is 1. The third kappa shape index (κ3) is 3.31. The van der Waals surface area contributed by atoms with Crippen molar-refractivity contribution in [1.82, 2.24) is 5.32 Å². The van der Waals surface area contributed by atoms with Crippen molar-refractivity contribution in [1.29, 1.82) is 0 Å².